The molecule has 0 radical (unpaired) electrons. The van der Waals surface area contributed by atoms with Crippen LogP contribution in [-0.4, -0.2) is 64.7 Å². The van der Waals surface area contributed by atoms with Crippen LogP contribution in [-0.2, 0) is 20.9 Å². The van der Waals surface area contributed by atoms with Crippen molar-refractivity contribution in [2.75, 3.05) is 20.8 Å². The summed E-state index contributed by atoms with van der Waals surface area (Å²) in [6.07, 6.45) is 1.08. The molecule has 2 aromatic rings. The zero-order valence-electron chi connectivity index (χ0n) is 16.7. The smallest absolute Gasteiger partial charge is 0.254 e. The Morgan fingerprint density at radius 3 is 2.62 bits per heavy atom. The highest BCUT2D eigenvalue weighted by molar-refractivity contribution is 5.86. The number of ether oxygens (including phenoxy) is 2. The Balaban J connectivity index is 1.61. The molecule has 9 heteroatoms. The average molecular weight is 400 g/mol. The summed E-state index contributed by atoms with van der Waals surface area (Å²) >= 11 is 0. The molecule has 29 heavy (non-hydrogen) atoms. The van der Waals surface area contributed by atoms with E-state index in [1.165, 1.54) is 4.90 Å². The average Bonchev–Trinajstić information content (AvgIpc) is 3.48. The normalized spacial score (nSPS) is 21.9. The van der Waals surface area contributed by atoms with Gasteiger partial charge in [0.25, 0.3) is 5.91 Å². The molecule has 2 heterocycles. The lowest BCUT2D eigenvalue weighted by atomic mass is 9.96. The van der Waals surface area contributed by atoms with Gasteiger partial charge in [0.2, 0.25) is 11.8 Å². The second-order valence-electron chi connectivity index (χ2n) is 7.41. The predicted molar refractivity (Wildman–Crippen MR) is 101 cm³/mol. The van der Waals surface area contributed by atoms with Gasteiger partial charge < -0.3 is 23.8 Å². The van der Waals surface area contributed by atoms with Gasteiger partial charge in [0, 0.05) is 20.0 Å². The van der Waals surface area contributed by atoms with Crippen LogP contribution in [0.2, 0.25) is 0 Å². The van der Waals surface area contributed by atoms with E-state index in [9.17, 15) is 9.59 Å². The molecular formula is C20H24N4O5. The topological polar surface area (TPSA) is 98.0 Å². The summed E-state index contributed by atoms with van der Waals surface area (Å²) in [6, 6.07) is 7.07. The fourth-order valence-electron chi connectivity index (χ4n) is 3.67. The standard InChI is InChI=1S/C20H24N4O5/c1-12-21-16(22-29-12)10-23(2)20(26)19-18(13-4-8-15(27-3)9-5-13)24(14-6-7-14)17(25)11-28-19/h4-5,8-9,14,18-19H,6-7,10-11H2,1-3H3/t18-,19+/m1/s1. The fraction of sp³-hybridized carbons (Fsp3) is 0.500. The van der Waals surface area contributed by atoms with Crippen LogP contribution >= 0.6 is 0 Å². The number of aryl methyl sites for hydroxylation is 1. The summed E-state index contributed by atoms with van der Waals surface area (Å²) in [5, 5.41) is 3.85. The van der Waals surface area contributed by atoms with Crippen molar-refractivity contribution in [1.29, 1.82) is 0 Å². The highest BCUT2D eigenvalue weighted by atomic mass is 16.5. The Morgan fingerprint density at radius 1 is 1.31 bits per heavy atom. The first-order valence-corrected chi connectivity index (χ1v) is 9.59. The van der Waals surface area contributed by atoms with E-state index in [4.69, 9.17) is 14.0 Å². The van der Waals surface area contributed by atoms with Gasteiger partial charge in [0.05, 0.1) is 19.7 Å². The first-order valence-electron chi connectivity index (χ1n) is 9.59. The molecule has 1 aliphatic carbocycles. The number of methoxy groups -OCH3 is 1. The SMILES string of the molecule is COc1ccc([C@@H]2[C@@H](C(=O)N(C)Cc3noc(C)n3)OCC(=O)N2C2CC2)cc1. The molecule has 9 nitrogen and oxygen atoms in total. The molecule has 1 aliphatic heterocycles. The van der Waals surface area contributed by atoms with E-state index in [-0.39, 0.29) is 31.0 Å². The van der Waals surface area contributed by atoms with Gasteiger partial charge in [-0.1, -0.05) is 17.3 Å². The first-order chi connectivity index (χ1) is 14.0. The molecule has 2 amide bonds. The van der Waals surface area contributed by atoms with Gasteiger partial charge in [-0.15, -0.1) is 0 Å². The minimum atomic E-state index is -0.806. The maximum Gasteiger partial charge on any atom is 0.254 e. The van der Waals surface area contributed by atoms with E-state index in [2.05, 4.69) is 10.1 Å². The van der Waals surface area contributed by atoms with E-state index in [0.717, 1.165) is 18.4 Å². The molecule has 0 unspecified atom stereocenters. The van der Waals surface area contributed by atoms with Crippen molar-refractivity contribution in [1.82, 2.24) is 19.9 Å². The van der Waals surface area contributed by atoms with Crippen LogP contribution in [0.1, 0.15) is 36.2 Å². The Bertz CT molecular complexity index is 893. The zero-order valence-corrected chi connectivity index (χ0v) is 16.7. The van der Waals surface area contributed by atoms with Crippen molar-refractivity contribution in [2.45, 2.75) is 44.5 Å². The number of nitrogens with zero attached hydrogens (tertiary/aromatic N) is 4. The van der Waals surface area contributed by atoms with E-state index >= 15 is 0 Å². The largest absolute Gasteiger partial charge is 0.497 e. The van der Waals surface area contributed by atoms with Crippen LogP contribution in [0.4, 0.5) is 0 Å². The molecule has 0 bridgehead atoms. The minimum absolute atomic E-state index is 0.0891. The maximum absolute atomic E-state index is 13.3. The third-order valence-electron chi connectivity index (χ3n) is 5.23. The molecule has 0 N–H and O–H groups in total. The number of rotatable bonds is 6. The van der Waals surface area contributed by atoms with Gasteiger partial charge in [-0.2, -0.15) is 4.98 Å². The van der Waals surface area contributed by atoms with E-state index in [1.807, 2.05) is 29.2 Å². The Labute approximate surface area is 168 Å². The minimum Gasteiger partial charge on any atom is -0.497 e. The lowest BCUT2D eigenvalue weighted by molar-refractivity contribution is -0.170. The van der Waals surface area contributed by atoms with Crippen LogP contribution in [0.3, 0.4) is 0 Å². The summed E-state index contributed by atoms with van der Waals surface area (Å²) in [6.45, 7) is 1.79. The zero-order chi connectivity index (χ0) is 20.5. The summed E-state index contributed by atoms with van der Waals surface area (Å²) in [5.41, 5.74) is 0.841. The van der Waals surface area contributed by atoms with Crippen LogP contribution in [0.25, 0.3) is 0 Å². The van der Waals surface area contributed by atoms with Gasteiger partial charge in [-0.3, -0.25) is 9.59 Å². The Morgan fingerprint density at radius 2 is 2.03 bits per heavy atom. The van der Waals surface area contributed by atoms with Crippen molar-refractivity contribution in [3.05, 3.63) is 41.5 Å². The Kier molecular flexibility index (Phi) is 5.23. The molecule has 2 atom stereocenters. The van der Waals surface area contributed by atoms with Crippen LogP contribution in [0.5, 0.6) is 5.75 Å². The molecule has 1 saturated heterocycles. The second-order valence-corrected chi connectivity index (χ2v) is 7.41. The number of benzene rings is 1. The van der Waals surface area contributed by atoms with Crippen molar-refractivity contribution in [3.8, 4) is 5.75 Å². The molecule has 4 rings (SSSR count). The molecule has 154 valence electrons. The molecule has 2 aliphatic rings. The molecule has 1 aromatic carbocycles. The molecule has 1 aromatic heterocycles. The number of aromatic nitrogens is 2. The van der Waals surface area contributed by atoms with E-state index in [1.54, 1.807) is 21.1 Å². The molecule has 2 fully saturated rings. The van der Waals surface area contributed by atoms with Gasteiger partial charge in [0.1, 0.15) is 12.4 Å². The molecule has 0 spiro atoms. The van der Waals surface area contributed by atoms with Crippen molar-refractivity contribution < 1.29 is 23.6 Å². The van der Waals surface area contributed by atoms with Crippen molar-refractivity contribution in [2.24, 2.45) is 0 Å². The van der Waals surface area contributed by atoms with E-state index < -0.39 is 12.1 Å². The lowest BCUT2D eigenvalue weighted by Crippen LogP contribution is -2.55. The number of carbonyl (C=O) groups excluding carboxylic acids is 2. The third kappa shape index (κ3) is 3.95. The van der Waals surface area contributed by atoms with Gasteiger partial charge in [-0.25, -0.2) is 0 Å². The maximum atomic E-state index is 13.3. The van der Waals surface area contributed by atoms with Gasteiger partial charge >= 0.3 is 0 Å². The number of hydrogen-bond donors (Lipinski definition) is 0. The van der Waals surface area contributed by atoms with E-state index in [0.29, 0.717) is 17.5 Å². The quantitative estimate of drug-likeness (QED) is 0.724. The van der Waals surface area contributed by atoms with Crippen LogP contribution in [0.15, 0.2) is 28.8 Å². The number of carbonyl (C=O) groups is 2. The summed E-state index contributed by atoms with van der Waals surface area (Å²) in [4.78, 5) is 33.4. The number of likely N-dealkylation sites (N-methyl/N-ethyl adjacent to an activating group) is 1. The number of amides is 2. The van der Waals surface area contributed by atoms with Crippen LogP contribution in [0, 0.1) is 6.92 Å². The van der Waals surface area contributed by atoms with Crippen molar-refractivity contribution >= 4 is 11.8 Å². The molecular weight excluding hydrogens is 376 g/mol. The number of hydrogen-bond acceptors (Lipinski definition) is 7. The summed E-state index contributed by atoms with van der Waals surface area (Å²) in [5.74, 6) is 1.25. The fourth-order valence-corrected chi connectivity index (χ4v) is 3.67. The highest BCUT2D eigenvalue weighted by Crippen LogP contribution is 2.40. The summed E-state index contributed by atoms with van der Waals surface area (Å²) < 4.78 is 16.0. The Hall–Kier alpha value is -2.94. The second kappa shape index (κ2) is 7.82. The van der Waals surface area contributed by atoms with Gasteiger partial charge in [-0.05, 0) is 30.5 Å². The predicted octanol–water partition coefficient (Wildman–Crippen LogP) is 1.48. The van der Waals surface area contributed by atoms with Crippen molar-refractivity contribution in [3.63, 3.8) is 0 Å². The highest BCUT2D eigenvalue weighted by Gasteiger charge is 2.48. The van der Waals surface area contributed by atoms with Gasteiger partial charge in [0.15, 0.2) is 11.9 Å². The first kappa shape index (κ1) is 19.4. The lowest BCUT2D eigenvalue weighted by Gasteiger charge is -2.41. The number of morpholine rings is 1. The third-order valence-corrected chi connectivity index (χ3v) is 5.23. The summed E-state index contributed by atoms with van der Waals surface area (Å²) in [7, 11) is 3.26. The van der Waals surface area contributed by atoms with Crippen LogP contribution < -0.4 is 4.74 Å². The monoisotopic (exact) mass is 400 g/mol. The molecule has 1 saturated carbocycles.